The fourth-order valence-electron chi connectivity index (χ4n) is 1.91. The number of hydrogen-bond acceptors (Lipinski definition) is 6. The van der Waals surface area contributed by atoms with Gasteiger partial charge in [0.25, 0.3) is 0 Å². The first-order valence-corrected chi connectivity index (χ1v) is 6.64. The van der Waals surface area contributed by atoms with Crippen LogP contribution in [-0.4, -0.2) is 40.5 Å². The molecule has 94 valence electrons. The molecule has 0 aromatic heterocycles. The molecule has 0 aromatic carbocycles. The van der Waals surface area contributed by atoms with Crippen molar-refractivity contribution in [2.24, 2.45) is 10.5 Å². The minimum atomic E-state index is -1.77. The third-order valence-electron chi connectivity index (χ3n) is 2.92. The highest BCUT2D eigenvalue weighted by Crippen LogP contribution is 2.32. The topological polar surface area (TPSA) is 83.1 Å². The Morgan fingerprint density at radius 1 is 1.82 bits per heavy atom. The fourth-order valence-corrected chi connectivity index (χ4v) is 2.34. The molecule has 1 saturated heterocycles. The van der Waals surface area contributed by atoms with Gasteiger partial charge in [0, 0.05) is 19.3 Å². The van der Waals surface area contributed by atoms with Gasteiger partial charge in [0.2, 0.25) is 8.53 Å². The van der Waals surface area contributed by atoms with E-state index in [1.165, 1.54) is 0 Å². The number of hydrogen-bond donors (Lipinski definition) is 3. The molecule has 0 aromatic rings. The molecule has 2 unspecified atom stereocenters. The van der Waals surface area contributed by atoms with Gasteiger partial charge in [0.15, 0.2) is 0 Å². The second-order valence-electron chi connectivity index (χ2n) is 4.21. The predicted molar refractivity (Wildman–Crippen MR) is 68.1 cm³/mol. The van der Waals surface area contributed by atoms with E-state index in [4.69, 9.17) is 14.9 Å². The first kappa shape index (κ1) is 12.7. The van der Waals surface area contributed by atoms with Crippen LogP contribution in [0.15, 0.2) is 29.9 Å². The number of nitrogens with zero attached hydrogens (tertiary/aromatic N) is 2. The third kappa shape index (κ3) is 2.73. The highest BCUT2D eigenvalue weighted by molar-refractivity contribution is 7.43. The van der Waals surface area contributed by atoms with Crippen molar-refractivity contribution in [1.29, 1.82) is 0 Å². The standard InChI is InChI=1S/C10H17N4O2P/c1-3-9-12-5-4-10(2,13-9)14-6-8(7-14)16-17(11)15/h3-5,8,15H,1,6-7,11H2,2H3,(H,12,13). The van der Waals surface area contributed by atoms with Gasteiger partial charge in [-0.3, -0.25) is 10.4 Å². The molecule has 0 aliphatic carbocycles. The van der Waals surface area contributed by atoms with Crippen molar-refractivity contribution in [3.05, 3.63) is 24.9 Å². The summed E-state index contributed by atoms with van der Waals surface area (Å²) in [5.74, 6) is 0.752. The molecule has 0 bridgehead atoms. The molecule has 2 aliphatic heterocycles. The molecular weight excluding hydrogens is 239 g/mol. The van der Waals surface area contributed by atoms with E-state index in [1.807, 2.05) is 19.2 Å². The van der Waals surface area contributed by atoms with Crippen LogP contribution in [0.5, 0.6) is 0 Å². The first-order chi connectivity index (χ1) is 8.03. The second-order valence-corrected chi connectivity index (χ2v) is 5.02. The predicted octanol–water partition coefficient (Wildman–Crippen LogP) is 0.283. The number of nitrogens with two attached hydrogens (primary N) is 1. The Morgan fingerprint density at radius 2 is 2.53 bits per heavy atom. The van der Waals surface area contributed by atoms with Crippen LogP contribution in [0.25, 0.3) is 0 Å². The summed E-state index contributed by atoms with van der Waals surface area (Å²) in [6.45, 7) is 7.14. The maximum Gasteiger partial charge on any atom is 0.250 e. The Labute approximate surface area is 102 Å². The van der Waals surface area contributed by atoms with Gasteiger partial charge in [0.1, 0.15) is 11.5 Å². The molecule has 0 radical (unpaired) electrons. The lowest BCUT2D eigenvalue weighted by Gasteiger charge is -2.47. The minimum absolute atomic E-state index is 0.00129. The molecule has 6 nitrogen and oxygen atoms in total. The Balaban J connectivity index is 1.95. The lowest BCUT2D eigenvalue weighted by Crippen LogP contribution is -2.61. The molecular formula is C10H17N4O2P. The van der Waals surface area contributed by atoms with Crippen LogP contribution in [0.3, 0.4) is 0 Å². The van der Waals surface area contributed by atoms with E-state index < -0.39 is 8.53 Å². The SMILES string of the molecule is C=CC1=NC(C)(N2CC(OP(N)O)C2)C=CN1. The van der Waals surface area contributed by atoms with Gasteiger partial charge in [-0.25, -0.2) is 4.99 Å². The summed E-state index contributed by atoms with van der Waals surface area (Å²) in [7, 11) is -1.77. The molecule has 0 spiro atoms. The molecule has 0 saturated carbocycles. The Morgan fingerprint density at radius 3 is 3.12 bits per heavy atom. The summed E-state index contributed by atoms with van der Waals surface area (Å²) < 4.78 is 5.15. The molecule has 2 rings (SSSR count). The van der Waals surface area contributed by atoms with E-state index in [0.717, 1.165) is 5.84 Å². The van der Waals surface area contributed by atoms with Crippen LogP contribution >= 0.6 is 8.53 Å². The van der Waals surface area contributed by atoms with Crippen molar-refractivity contribution < 1.29 is 9.42 Å². The molecule has 17 heavy (non-hydrogen) atoms. The van der Waals surface area contributed by atoms with Gasteiger partial charge < -0.3 is 14.7 Å². The van der Waals surface area contributed by atoms with Gasteiger partial charge in [0.05, 0.1) is 6.10 Å². The normalized spacial score (nSPS) is 31.4. The lowest BCUT2D eigenvalue weighted by molar-refractivity contribution is -0.0275. The monoisotopic (exact) mass is 256 g/mol. The van der Waals surface area contributed by atoms with Crippen molar-refractivity contribution in [1.82, 2.24) is 10.2 Å². The summed E-state index contributed by atoms with van der Waals surface area (Å²) >= 11 is 0. The lowest BCUT2D eigenvalue weighted by atomic mass is 10.0. The molecule has 4 N–H and O–H groups in total. The third-order valence-corrected chi connectivity index (χ3v) is 3.43. The van der Waals surface area contributed by atoms with E-state index in [2.05, 4.69) is 21.8 Å². The molecule has 7 heteroatoms. The van der Waals surface area contributed by atoms with Crippen molar-refractivity contribution in [3.63, 3.8) is 0 Å². The zero-order chi connectivity index (χ0) is 12.5. The van der Waals surface area contributed by atoms with Crippen LogP contribution in [-0.2, 0) is 4.52 Å². The average molecular weight is 256 g/mol. The number of likely N-dealkylation sites (tertiary alicyclic amines) is 1. The molecule has 2 heterocycles. The summed E-state index contributed by atoms with van der Waals surface area (Å²) in [4.78, 5) is 15.7. The van der Waals surface area contributed by atoms with Gasteiger partial charge in [-0.1, -0.05) is 6.58 Å². The fraction of sp³-hybridized carbons (Fsp3) is 0.500. The summed E-state index contributed by atoms with van der Waals surface area (Å²) in [6.07, 6.45) is 5.53. The van der Waals surface area contributed by atoms with Crippen LogP contribution in [0.4, 0.5) is 0 Å². The van der Waals surface area contributed by atoms with Crippen LogP contribution < -0.4 is 10.8 Å². The highest BCUT2D eigenvalue weighted by Gasteiger charge is 2.41. The molecule has 0 amide bonds. The Kier molecular flexibility index (Phi) is 3.61. The summed E-state index contributed by atoms with van der Waals surface area (Å²) in [6, 6.07) is 0. The van der Waals surface area contributed by atoms with Crippen LogP contribution in [0, 0.1) is 0 Å². The van der Waals surface area contributed by atoms with Crippen molar-refractivity contribution in [2.45, 2.75) is 18.7 Å². The van der Waals surface area contributed by atoms with E-state index in [1.54, 1.807) is 6.08 Å². The summed E-state index contributed by atoms with van der Waals surface area (Å²) in [5, 5.41) is 3.01. The zero-order valence-electron chi connectivity index (χ0n) is 9.71. The van der Waals surface area contributed by atoms with Gasteiger partial charge in [-0.05, 0) is 19.1 Å². The Bertz CT molecular complexity index is 365. The highest BCUT2D eigenvalue weighted by atomic mass is 31.2. The number of amidine groups is 1. The average Bonchev–Trinajstić information content (AvgIpc) is 2.22. The van der Waals surface area contributed by atoms with E-state index >= 15 is 0 Å². The maximum absolute atomic E-state index is 8.97. The summed E-state index contributed by atoms with van der Waals surface area (Å²) in [5.41, 5.74) is 4.84. The van der Waals surface area contributed by atoms with Crippen LogP contribution in [0.2, 0.25) is 0 Å². The second kappa shape index (κ2) is 4.84. The largest absolute Gasteiger partial charge is 0.347 e. The molecule has 2 atom stereocenters. The number of aliphatic imine (C=N–C) groups is 1. The minimum Gasteiger partial charge on any atom is -0.347 e. The number of nitrogens with one attached hydrogen (secondary N) is 1. The molecule has 2 aliphatic rings. The smallest absolute Gasteiger partial charge is 0.250 e. The van der Waals surface area contributed by atoms with Gasteiger partial charge in [-0.2, -0.15) is 0 Å². The maximum atomic E-state index is 8.97. The number of rotatable bonds is 4. The zero-order valence-corrected chi connectivity index (χ0v) is 10.6. The van der Waals surface area contributed by atoms with Gasteiger partial charge >= 0.3 is 0 Å². The first-order valence-electron chi connectivity index (χ1n) is 5.35. The van der Waals surface area contributed by atoms with Crippen molar-refractivity contribution in [2.75, 3.05) is 13.1 Å². The molecule has 1 fully saturated rings. The Hall–Kier alpha value is -0.780. The van der Waals surface area contributed by atoms with Gasteiger partial charge in [-0.15, -0.1) is 0 Å². The van der Waals surface area contributed by atoms with E-state index in [-0.39, 0.29) is 11.8 Å². The van der Waals surface area contributed by atoms with E-state index in [9.17, 15) is 0 Å². The van der Waals surface area contributed by atoms with Crippen molar-refractivity contribution >= 4 is 14.4 Å². The van der Waals surface area contributed by atoms with Crippen LogP contribution in [0.1, 0.15) is 6.92 Å². The van der Waals surface area contributed by atoms with Crippen molar-refractivity contribution in [3.8, 4) is 0 Å². The van der Waals surface area contributed by atoms with E-state index in [0.29, 0.717) is 13.1 Å². The quantitative estimate of drug-likeness (QED) is 0.629.